The molecule has 3 rings (SSSR count). The first-order chi connectivity index (χ1) is 11.2. The molecule has 2 heterocycles. The molecule has 126 valence electrons. The molecule has 0 aliphatic carbocycles. The number of benzene rings is 1. The second kappa shape index (κ2) is 7.45. The predicted octanol–water partition coefficient (Wildman–Crippen LogP) is 2.54. The average Bonchev–Trinajstić information content (AvgIpc) is 2.58. The van der Waals surface area contributed by atoms with Crippen molar-refractivity contribution in [1.82, 2.24) is 9.80 Å². The van der Waals surface area contributed by atoms with E-state index in [4.69, 9.17) is 4.74 Å². The van der Waals surface area contributed by atoms with Gasteiger partial charge in [-0.3, -0.25) is 4.79 Å². The Balaban J connectivity index is 1.65. The molecule has 4 nitrogen and oxygen atoms in total. The lowest BCUT2D eigenvalue weighted by Crippen LogP contribution is -2.54. The number of carbonyl (C=O) groups is 1. The summed E-state index contributed by atoms with van der Waals surface area (Å²) in [7, 11) is 1.76. The van der Waals surface area contributed by atoms with Crippen molar-refractivity contribution >= 4 is 5.91 Å². The highest BCUT2D eigenvalue weighted by molar-refractivity contribution is 5.77. The molecule has 0 unspecified atom stereocenters. The monoisotopic (exact) mass is 316 g/mol. The van der Waals surface area contributed by atoms with Gasteiger partial charge in [0.1, 0.15) is 0 Å². The Morgan fingerprint density at radius 3 is 2.78 bits per heavy atom. The largest absolute Gasteiger partial charge is 0.383 e. The third-order valence-corrected chi connectivity index (χ3v) is 5.32. The van der Waals surface area contributed by atoms with Crippen molar-refractivity contribution in [3.63, 3.8) is 0 Å². The summed E-state index contributed by atoms with van der Waals surface area (Å²) in [6.45, 7) is 5.73. The summed E-state index contributed by atoms with van der Waals surface area (Å²) in [5.74, 6) is 0.313. The molecule has 0 saturated carbocycles. The van der Waals surface area contributed by atoms with Crippen LogP contribution in [0.25, 0.3) is 0 Å². The minimum absolute atomic E-state index is 0.286. The molecule has 1 amide bonds. The van der Waals surface area contributed by atoms with Gasteiger partial charge in [0, 0.05) is 45.1 Å². The third-order valence-electron chi connectivity index (χ3n) is 5.32. The van der Waals surface area contributed by atoms with Gasteiger partial charge in [0.15, 0.2) is 0 Å². The fourth-order valence-corrected chi connectivity index (χ4v) is 4.10. The zero-order valence-electron chi connectivity index (χ0n) is 14.2. The van der Waals surface area contributed by atoms with Crippen LogP contribution in [0, 0.1) is 5.41 Å². The summed E-state index contributed by atoms with van der Waals surface area (Å²) >= 11 is 0. The number of ether oxygens (including phenoxy) is 1. The van der Waals surface area contributed by atoms with Gasteiger partial charge in [0.2, 0.25) is 5.91 Å². The summed E-state index contributed by atoms with van der Waals surface area (Å²) in [5.41, 5.74) is 1.51. The molecule has 1 aromatic rings. The molecular weight excluding hydrogens is 288 g/mol. The van der Waals surface area contributed by atoms with E-state index in [-0.39, 0.29) is 5.41 Å². The lowest BCUT2D eigenvalue weighted by Gasteiger charge is -2.48. The van der Waals surface area contributed by atoms with Gasteiger partial charge in [-0.25, -0.2) is 0 Å². The molecule has 0 N–H and O–H groups in total. The van der Waals surface area contributed by atoms with E-state index in [1.54, 1.807) is 7.11 Å². The smallest absolute Gasteiger partial charge is 0.222 e. The number of carbonyl (C=O) groups excluding carboxylic acids is 1. The van der Waals surface area contributed by atoms with Crippen LogP contribution in [0.4, 0.5) is 0 Å². The molecule has 2 aliphatic heterocycles. The van der Waals surface area contributed by atoms with Crippen LogP contribution in [0.5, 0.6) is 0 Å². The highest BCUT2D eigenvalue weighted by atomic mass is 16.5. The normalized spacial score (nSPS) is 26.0. The van der Waals surface area contributed by atoms with Crippen LogP contribution < -0.4 is 0 Å². The number of hydrogen-bond donors (Lipinski definition) is 0. The van der Waals surface area contributed by atoms with Gasteiger partial charge in [0.05, 0.1) is 6.61 Å². The lowest BCUT2D eigenvalue weighted by atomic mass is 9.73. The number of likely N-dealkylation sites (tertiary alicyclic amines) is 2. The highest BCUT2D eigenvalue weighted by Crippen LogP contribution is 2.39. The minimum atomic E-state index is 0.286. The summed E-state index contributed by atoms with van der Waals surface area (Å²) in [4.78, 5) is 17.0. The van der Waals surface area contributed by atoms with Crippen LogP contribution in [0.1, 0.15) is 31.2 Å². The molecule has 0 bridgehead atoms. The number of hydrogen-bond acceptors (Lipinski definition) is 3. The Morgan fingerprint density at radius 1 is 1.17 bits per heavy atom. The first-order valence-corrected chi connectivity index (χ1v) is 8.74. The second-order valence-corrected chi connectivity index (χ2v) is 7.11. The zero-order chi connectivity index (χ0) is 16.1. The quantitative estimate of drug-likeness (QED) is 0.837. The summed E-state index contributed by atoms with van der Waals surface area (Å²) < 4.78 is 5.23. The maximum absolute atomic E-state index is 12.4. The van der Waals surface area contributed by atoms with Gasteiger partial charge in [-0.15, -0.1) is 0 Å². The van der Waals surface area contributed by atoms with Gasteiger partial charge >= 0.3 is 0 Å². The minimum Gasteiger partial charge on any atom is -0.383 e. The SMILES string of the molecule is COCCN1CCC[C@]2(CCC(=O)N(Cc3ccccc3)C2)C1. The predicted molar refractivity (Wildman–Crippen MR) is 91.1 cm³/mol. The number of methoxy groups -OCH3 is 1. The van der Waals surface area contributed by atoms with Crippen LogP contribution in [-0.4, -0.2) is 55.6 Å². The molecule has 2 fully saturated rings. The van der Waals surface area contributed by atoms with E-state index < -0.39 is 0 Å². The summed E-state index contributed by atoms with van der Waals surface area (Å²) in [6.07, 6.45) is 4.22. The topological polar surface area (TPSA) is 32.8 Å². The Morgan fingerprint density at radius 2 is 2.00 bits per heavy atom. The number of amides is 1. The van der Waals surface area contributed by atoms with Crippen LogP contribution in [0.2, 0.25) is 0 Å². The van der Waals surface area contributed by atoms with Gasteiger partial charge in [-0.2, -0.15) is 0 Å². The van der Waals surface area contributed by atoms with Crippen LogP contribution in [-0.2, 0) is 16.1 Å². The van der Waals surface area contributed by atoms with Crippen LogP contribution in [0.3, 0.4) is 0 Å². The maximum atomic E-state index is 12.4. The fraction of sp³-hybridized carbons (Fsp3) is 0.632. The Bertz CT molecular complexity index is 519. The number of piperidine rings is 2. The van der Waals surface area contributed by atoms with Crippen molar-refractivity contribution in [3.05, 3.63) is 35.9 Å². The van der Waals surface area contributed by atoms with Crippen molar-refractivity contribution in [2.24, 2.45) is 5.41 Å². The summed E-state index contributed by atoms with van der Waals surface area (Å²) in [6, 6.07) is 10.3. The zero-order valence-corrected chi connectivity index (χ0v) is 14.2. The van der Waals surface area contributed by atoms with E-state index in [0.29, 0.717) is 12.3 Å². The highest BCUT2D eigenvalue weighted by Gasteiger charge is 2.41. The molecule has 0 radical (unpaired) electrons. The average molecular weight is 316 g/mol. The van der Waals surface area contributed by atoms with Crippen molar-refractivity contribution in [2.75, 3.05) is 39.9 Å². The maximum Gasteiger partial charge on any atom is 0.222 e. The van der Waals surface area contributed by atoms with Gasteiger partial charge in [0.25, 0.3) is 0 Å². The molecule has 1 aromatic carbocycles. The molecule has 2 aliphatic rings. The Kier molecular flexibility index (Phi) is 5.34. The van der Waals surface area contributed by atoms with Crippen molar-refractivity contribution in [3.8, 4) is 0 Å². The number of nitrogens with zero attached hydrogens (tertiary/aromatic N) is 2. The molecule has 1 spiro atoms. The third kappa shape index (κ3) is 4.12. The van der Waals surface area contributed by atoms with Crippen molar-refractivity contribution in [2.45, 2.75) is 32.2 Å². The van der Waals surface area contributed by atoms with Crippen molar-refractivity contribution in [1.29, 1.82) is 0 Å². The van der Waals surface area contributed by atoms with E-state index in [9.17, 15) is 4.79 Å². The molecule has 0 aromatic heterocycles. The molecule has 23 heavy (non-hydrogen) atoms. The van der Waals surface area contributed by atoms with E-state index in [1.807, 2.05) is 18.2 Å². The van der Waals surface area contributed by atoms with E-state index in [2.05, 4.69) is 21.9 Å². The van der Waals surface area contributed by atoms with Crippen molar-refractivity contribution < 1.29 is 9.53 Å². The standard InChI is InChI=1S/C19H28N2O2/c1-23-13-12-20-11-5-9-19(15-20)10-8-18(22)21(16-19)14-17-6-3-2-4-7-17/h2-4,6-7H,5,8-16H2,1H3/t19-/m0/s1. The van der Waals surface area contributed by atoms with E-state index in [1.165, 1.54) is 18.4 Å². The van der Waals surface area contributed by atoms with E-state index >= 15 is 0 Å². The first-order valence-electron chi connectivity index (χ1n) is 8.74. The fourth-order valence-electron chi connectivity index (χ4n) is 4.10. The van der Waals surface area contributed by atoms with E-state index in [0.717, 1.165) is 45.8 Å². The Labute approximate surface area is 139 Å². The van der Waals surface area contributed by atoms with Gasteiger partial charge < -0.3 is 14.5 Å². The molecule has 4 heteroatoms. The van der Waals surface area contributed by atoms with Gasteiger partial charge in [-0.1, -0.05) is 30.3 Å². The van der Waals surface area contributed by atoms with Crippen LogP contribution >= 0.6 is 0 Å². The second-order valence-electron chi connectivity index (χ2n) is 7.11. The van der Waals surface area contributed by atoms with Gasteiger partial charge in [-0.05, 0) is 31.4 Å². The number of rotatable bonds is 5. The summed E-state index contributed by atoms with van der Waals surface area (Å²) in [5, 5.41) is 0. The molecule has 1 atom stereocenters. The molecule has 2 saturated heterocycles. The Hall–Kier alpha value is -1.39. The first kappa shape index (κ1) is 16.5. The molecular formula is C19H28N2O2. The lowest BCUT2D eigenvalue weighted by molar-refractivity contribution is -0.140. The van der Waals surface area contributed by atoms with Crippen LogP contribution in [0.15, 0.2) is 30.3 Å².